The Morgan fingerprint density at radius 3 is 2.81 bits per heavy atom. The Morgan fingerprint density at radius 2 is 2.25 bits per heavy atom. The summed E-state index contributed by atoms with van der Waals surface area (Å²) in [6, 6.07) is 2.96. The molecule has 84 valence electrons. The second kappa shape index (κ2) is 4.61. The van der Waals surface area contributed by atoms with Crippen LogP contribution in [0.1, 0.15) is 12.0 Å². The minimum absolute atomic E-state index is 0.0121. The summed E-state index contributed by atoms with van der Waals surface area (Å²) < 4.78 is 35.6. The van der Waals surface area contributed by atoms with E-state index in [1.54, 1.807) is 6.07 Å². The molecule has 1 heterocycles. The Labute approximate surface area is 88.7 Å². The third-order valence-corrected chi connectivity index (χ3v) is 1.58. The van der Waals surface area contributed by atoms with E-state index in [4.69, 9.17) is 5.26 Å². The normalized spacial score (nSPS) is 10.6. The van der Waals surface area contributed by atoms with Crippen molar-refractivity contribution in [1.82, 2.24) is 4.98 Å². The average Bonchev–Trinajstić information content (AvgIpc) is 2.15. The van der Waals surface area contributed by atoms with Crippen LogP contribution in [0.2, 0.25) is 0 Å². The largest absolute Gasteiger partial charge is 0.397 e. The number of halogens is 3. The first kappa shape index (κ1) is 12.0. The average molecular weight is 229 g/mol. The van der Waals surface area contributed by atoms with Gasteiger partial charge in [-0.1, -0.05) is 0 Å². The zero-order valence-corrected chi connectivity index (χ0v) is 7.88. The van der Waals surface area contributed by atoms with Crippen molar-refractivity contribution >= 4 is 11.6 Å². The second-order valence-corrected chi connectivity index (χ2v) is 2.87. The smallest absolute Gasteiger partial charge is 0.325 e. The second-order valence-electron chi connectivity index (χ2n) is 2.87. The van der Waals surface area contributed by atoms with Gasteiger partial charge in [-0.25, -0.2) is 0 Å². The molecule has 0 saturated carbocycles. The molecule has 1 rings (SSSR count). The van der Waals surface area contributed by atoms with Gasteiger partial charge in [-0.15, -0.1) is 0 Å². The highest BCUT2D eigenvalue weighted by atomic mass is 19.4. The first-order valence-electron chi connectivity index (χ1n) is 4.13. The molecule has 0 spiro atoms. The highest BCUT2D eigenvalue weighted by molar-refractivity contribution is 5.92. The van der Waals surface area contributed by atoms with Crippen LogP contribution in [0.4, 0.5) is 18.9 Å². The number of nitrogens with one attached hydrogen (secondary N) is 1. The van der Waals surface area contributed by atoms with Gasteiger partial charge in [0.25, 0.3) is 0 Å². The Bertz CT molecular complexity index is 436. The van der Waals surface area contributed by atoms with E-state index in [1.807, 2.05) is 5.32 Å². The fourth-order valence-electron chi connectivity index (χ4n) is 0.969. The Balaban J connectivity index is 2.75. The summed E-state index contributed by atoms with van der Waals surface area (Å²) in [6.07, 6.45) is -3.72. The molecule has 1 aromatic heterocycles. The SMILES string of the molecule is N#Cc1cnccc1NC(=O)CC(F)(F)F. The molecule has 0 aromatic carbocycles. The number of aromatic nitrogens is 1. The number of anilines is 1. The Morgan fingerprint density at radius 1 is 1.56 bits per heavy atom. The Kier molecular flexibility index (Phi) is 3.45. The lowest BCUT2D eigenvalue weighted by Gasteiger charge is -2.08. The van der Waals surface area contributed by atoms with Crippen LogP contribution in [-0.4, -0.2) is 17.1 Å². The standard InChI is InChI=1S/C9H6F3N3O/c10-9(11,12)3-8(16)15-7-1-2-14-5-6(7)4-13/h1-2,5H,3H2,(H,14,15,16). The van der Waals surface area contributed by atoms with Gasteiger partial charge in [0, 0.05) is 12.4 Å². The molecule has 0 atom stereocenters. The number of amides is 1. The molecular weight excluding hydrogens is 223 g/mol. The van der Waals surface area contributed by atoms with Crippen LogP contribution in [0.5, 0.6) is 0 Å². The lowest BCUT2D eigenvalue weighted by molar-refractivity contribution is -0.150. The first-order chi connectivity index (χ1) is 7.42. The van der Waals surface area contributed by atoms with Gasteiger partial charge in [0.15, 0.2) is 0 Å². The lowest BCUT2D eigenvalue weighted by Crippen LogP contribution is -2.21. The number of nitriles is 1. The first-order valence-corrected chi connectivity index (χ1v) is 4.13. The van der Waals surface area contributed by atoms with Gasteiger partial charge in [-0.3, -0.25) is 9.78 Å². The Hall–Kier alpha value is -2.10. The number of alkyl halides is 3. The molecule has 0 aliphatic heterocycles. The van der Waals surface area contributed by atoms with Gasteiger partial charge in [-0.05, 0) is 6.07 Å². The molecule has 1 N–H and O–H groups in total. The number of carbonyl (C=O) groups is 1. The van der Waals surface area contributed by atoms with Crippen molar-refractivity contribution < 1.29 is 18.0 Å². The molecule has 0 unspecified atom stereocenters. The van der Waals surface area contributed by atoms with Crippen LogP contribution < -0.4 is 5.32 Å². The maximum atomic E-state index is 11.9. The number of pyridine rings is 1. The summed E-state index contributed by atoms with van der Waals surface area (Å²) in [5.74, 6) is -1.21. The topological polar surface area (TPSA) is 65.8 Å². The number of hydrogen-bond donors (Lipinski definition) is 1. The summed E-state index contributed by atoms with van der Waals surface area (Å²) in [6.45, 7) is 0. The minimum atomic E-state index is -4.57. The predicted octanol–water partition coefficient (Wildman–Crippen LogP) is 1.84. The van der Waals surface area contributed by atoms with Crippen molar-refractivity contribution in [3.8, 4) is 6.07 Å². The summed E-state index contributed by atoms with van der Waals surface area (Å²) in [5, 5.41) is 10.6. The predicted molar refractivity (Wildman–Crippen MR) is 48.3 cm³/mol. The van der Waals surface area contributed by atoms with E-state index >= 15 is 0 Å². The number of carbonyl (C=O) groups excluding carboxylic acids is 1. The van der Waals surface area contributed by atoms with Crippen molar-refractivity contribution in [2.75, 3.05) is 5.32 Å². The number of rotatable bonds is 2. The van der Waals surface area contributed by atoms with Crippen LogP contribution >= 0.6 is 0 Å². The van der Waals surface area contributed by atoms with E-state index in [0.29, 0.717) is 0 Å². The summed E-state index contributed by atoms with van der Waals surface area (Å²) in [4.78, 5) is 14.5. The fraction of sp³-hybridized carbons (Fsp3) is 0.222. The van der Waals surface area contributed by atoms with Crippen LogP contribution in [0.15, 0.2) is 18.5 Å². The zero-order chi connectivity index (χ0) is 12.2. The highest BCUT2D eigenvalue weighted by Gasteiger charge is 2.31. The quantitative estimate of drug-likeness (QED) is 0.841. The zero-order valence-electron chi connectivity index (χ0n) is 7.88. The van der Waals surface area contributed by atoms with Gasteiger partial charge >= 0.3 is 6.18 Å². The molecule has 4 nitrogen and oxygen atoms in total. The number of nitrogens with zero attached hydrogens (tertiary/aromatic N) is 2. The third kappa shape index (κ3) is 3.57. The van der Waals surface area contributed by atoms with Crippen molar-refractivity contribution in [2.45, 2.75) is 12.6 Å². The molecule has 16 heavy (non-hydrogen) atoms. The van der Waals surface area contributed by atoms with Gasteiger partial charge in [0.2, 0.25) is 5.91 Å². The molecule has 1 aromatic rings. The molecule has 0 fully saturated rings. The van der Waals surface area contributed by atoms with Gasteiger partial charge in [-0.2, -0.15) is 18.4 Å². The number of hydrogen-bond acceptors (Lipinski definition) is 3. The van der Waals surface area contributed by atoms with Gasteiger partial charge < -0.3 is 5.32 Å². The van der Waals surface area contributed by atoms with Crippen molar-refractivity contribution in [1.29, 1.82) is 5.26 Å². The van der Waals surface area contributed by atoms with E-state index in [9.17, 15) is 18.0 Å². The van der Waals surface area contributed by atoms with E-state index in [0.717, 1.165) is 6.20 Å². The van der Waals surface area contributed by atoms with Crippen LogP contribution in [-0.2, 0) is 4.79 Å². The molecular formula is C9H6F3N3O. The van der Waals surface area contributed by atoms with Crippen molar-refractivity contribution in [3.05, 3.63) is 24.0 Å². The summed E-state index contributed by atoms with van der Waals surface area (Å²) in [5.41, 5.74) is 0.0322. The van der Waals surface area contributed by atoms with E-state index in [-0.39, 0.29) is 11.3 Å². The van der Waals surface area contributed by atoms with Crippen molar-refractivity contribution in [2.24, 2.45) is 0 Å². The van der Waals surface area contributed by atoms with Crippen LogP contribution in [0.25, 0.3) is 0 Å². The van der Waals surface area contributed by atoms with E-state index in [1.165, 1.54) is 12.3 Å². The lowest BCUT2D eigenvalue weighted by atomic mass is 10.2. The van der Waals surface area contributed by atoms with E-state index in [2.05, 4.69) is 4.98 Å². The third-order valence-electron chi connectivity index (χ3n) is 1.58. The maximum Gasteiger partial charge on any atom is 0.397 e. The van der Waals surface area contributed by atoms with Gasteiger partial charge in [0.1, 0.15) is 12.5 Å². The molecule has 7 heteroatoms. The minimum Gasteiger partial charge on any atom is -0.325 e. The van der Waals surface area contributed by atoms with Gasteiger partial charge in [0.05, 0.1) is 11.3 Å². The fourth-order valence-corrected chi connectivity index (χ4v) is 0.969. The highest BCUT2D eigenvalue weighted by Crippen LogP contribution is 2.21. The summed E-state index contributed by atoms with van der Waals surface area (Å²) >= 11 is 0. The molecule has 0 aliphatic carbocycles. The molecule has 1 amide bonds. The molecule has 0 saturated heterocycles. The molecule has 0 radical (unpaired) electrons. The van der Waals surface area contributed by atoms with Crippen LogP contribution in [0, 0.1) is 11.3 Å². The molecule has 0 bridgehead atoms. The summed E-state index contributed by atoms with van der Waals surface area (Å²) in [7, 11) is 0. The maximum absolute atomic E-state index is 11.9. The van der Waals surface area contributed by atoms with Crippen molar-refractivity contribution in [3.63, 3.8) is 0 Å². The monoisotopic (exact) mass is 229 g/mol. The molecule has 0 aliphatic rings. The van der Waals surface area contributed by atoms with E-state index < -0.39 is 18.5 Å². The van der Waals surface area contributed by atoms with Crippen LogP contribution in [0.3, 0.4) is 0 Å².